The second-order valence-corrected chi connectivity index (χ2v) is 5.79. The van der Waals surface area contributed by atoms with Gasteiger partial charge in [0.2, 0.25) is 0 Å². The number of nitro benzene ring substituents is 1. The van der Waals surface area contributed by atoms with Crippen molar-refractivity contribution in [3.05, 3.63) is 54.7 Å². The molecule has 0 radical (unpaired) electrons. The zero-order valence-electron chi connectivity index (χ0n) is 9.22. The topological polar surface area (TPSA) is 72.2 Å². The van der Waals surface area contributed by atoms with Crippen LogP contribution in [0, 0.1) is 10.1 Å². The van der Waals surface area contributed by atoms with Crippen molar-refractivity contribution < 1.29 is 9.72 Å². The number of rotatable bonds is 3. The van der Waals surface area contributed by atoms with E-state index in [2.05, 4.69) is 5.32 Å². The van der Waals surface area contributed by atoms with E-state index < -0.39 is 10.8 Å². The summed E-state index contributed by atoms with van der Waals surface area (Å²) in [6.07, 6.45) is 0. The van der Waals surface area contributed by atoms with E-state index in [0.29, 0.717) is 10.0 Å². The van der Waals surface area contributed by atoms with Crippen LogP contribution in [0.4, 0.5) is 11.4 Å². The standard InChI is InChI=1S/C11H6Cl2N2O3S/c12-9-5-8(10(13)19-9)11(16)14-6-2-1-3-7(4-6)15(17)18/h1-5H,(H,14,16). The normalized spacial score (nSPS) is 10.2. The van der Waals surface area contributed by atoms with Crippen molar-refractivity contribution in [2.24, 2.45) is 0 Å². The van der Waals surface area contributed by atoms with Gasteiger partial charge in [0.05, 0.1) is 14.8 Å². The Labute approximate surface area is 121 Å². The number of hydrogen-bond acceptors (Lipinski definition) is 4. The number of carbonyl (C=O) groups is 1. The molecule has 1 amide bonds. The number of carbonyl (C=O) groups excluding carboxylic acids is 1. The zero-order chi connectivity index (χ0) is 14.0. The predicted molar refractivity (Wildman–Crippen MR) is 75.4 cm³/mol. The second kappa shape index (κ2) is 5.56. The minimum atomic E-state index is -0.538. The van der Waals surface area contributed by atoms with Gasteiger partial charge in [0.1, 0.15) is 4.34 Å². The van der Waals surface area contributed by atoms with Gasteiger partial charge in [-0.2, -0.15) is 0 Å². The third-order valence-electron chi connectivity index (χ3n) is 2.22. The molecule has 19 heavy (non-hydrogen) atoms. The van der Waals surface area contributed by atoms with Crippen LogP contribution in [-0.2, 0) is 0 Å². The summed E-state index contributed by atoms with van der Waals surface area (Å²) in [6.45, 7) is 0. The molecule has 0 spiro atoms. The van der Waals surface area contributed by atoms with Gasteiger partial charge in [-0.1, -0.05) is 29.3 Å². The van der Waals surface area contributed by atoms with Crippen molar-refractivity contribution in [3.63, 3.8) is 0 Å². The van der Waals surface area contributed by atoms with Gasteiger partial charge in [-0.05, 0) is 12.1 Å². The minimum Gasteiger partial charge on any atom is -0.322 e. The van der Waals surface area contributed by atoms with Crippen molar-refractivity contribution in [2.75, 3.05) is 5.32 Å². The predicted octanol–water partition coefficient (Wildman–Crippen LogP) is 4.22. The molecule has 98 valence electrons. The Morgan fingerprint density at radius 3 is 2.63 bits per heavy atom. The number of non-ortho nitro benzene ring substituents is 1. The first-order valence-corrected chi connectivity index (χ1v) is 6.55. The largest absolute Gasteiger partial charge is 0.322 e. The Hall–Kier alpha value is -1.63. The monoisotopic (exact) mass is 316 g/mol. The molecule has 0 saturated carbocycles. The second-order valence-electron chi connectivity index (χ2n) is 3.50. The highest BCUT2D eigenvalue weighted by Crippen LogP contribution is 2.31. The third-order valence-corrected chi connectivity index (χ3v) is 3.70. The van der Waals surface area contributed by atoms with Crippen molar-refractivity contribution in [2.45, 2.75) is 0 Å². The lowest BCUT2D eigenvalue weighted by Crippen LogP contribution is -2.11. The van der Waals surface area contributed by atoms with Crippen LogP contribution in [0.3, 0.4) is 0 Å². The maximum atomic E-state index is 11.9. The quantitative estimate of drug-likeness (QED) is 0.680. The molecule has 0 aliphatic rings. The Morgan fingerprint density at radius 2 is 2.05 bits per heavy atom. The highest BCUT2D eigenvalue weighted by Gasteiger charge is 2.15. The number of nitro groups is 1. The van der Waals surface area contributed by atoms with Crippen molar-refractivity contribution in [1.82, 2.24) is 0 Å². The highest BCUT2D eigenvalue weighted by molar-refractivity contribution is 7.20. The van der Waals surface area contributed by atoms with Crippen LogP contribution in [0.5, 0.6) is 0 Å². The summed E-state index contributed by atoms with van der Waals surface area (Å²) < 4.78 is 0.669. The first-order chi connectivity index (χ1) is 8.97. The summed E-state index contributed by atoms with van der Waals surface area (Å²) in [5, 5.41) is 13.2. The van der Waals surface area contributed by atoms with Crippen LogP contribution in [0.15, 0.2) is 30.3 Å². The van der Waals surface area contributed by atoms with Gasteiger partial charge in [0.25, 0.3) is 11.6 Å². The number of hydrogen-bond donors (Lipinski definition) is 1. The van der Waals surface area contributed by atoms with Crippen LogP contribution < -0.4 is 5.32 Å². The number of halogens is 2. The zero-order valence-corrected chi connectivity index (χ0v) is 11.6. The third kappa shape index (κ3) is 3.23. The lowest BCUT2D eigenvalue weighted by Gasteiger charge is -2.03. The van der Waals surface area contributed by atoms with Gasteiger partial charge in [0.15, 0.2) is 0 Å². The lowest BCUT2D eigenvalue weighted by atomic mass is 10.2. The van der Waals surface area contributed by atoms with Crippen molar-refractivity contribution >= 4 is 51.8 Å². The molecule has 0 fully saturated rings. The highest BCUT2D eigenvalue weighted by atomic mass is 35.5. The van der Waals surface area contributed by atoms with Gasteiger partial charge in [0, 0.05) is 17.8 Å². The number of benzene rings is 1. The lowest BCUT2D eigenvalue weighted by molar-refractivity contribution is -0.384. The Bertz CT molecular complexity index is 657. The van der Waals surface area contributed by atoms with Crippen LogP contribution in [0.1, 0.15) is 10.4 Å². The fraction of sp³-hybridized carbons (Fsp3) is 0. The SMILES string of the molecule is O=C(Nc1cccc([N+](=O)[O-])c1)c1cc(Cl)sc1Cl. The molecule has 1 N–H and O–H groups in total. The summed E-state index contributed by atoms with van der Waals surface area (Å²) in [6, 6.07) is 7.08. The number of amides is 1. The van der Waals surface area contributed by atoms with Crippen LogP contribution >= 0.6 is 34.5 Å². The number of anilines is 1. The Morgan fingerprint density at radius 1 is 1.32 bits per heavy atom. The van der Waals surface area contributed by atoms with E-state index in [4.69, 9.17) is 23.2 Å². The molecule has 0 aliphatic carbocycles. The van der Waals surface area contributed by atoms with E-state index in [9.17, 15) is 14.9 Å². The Balaban J connectivity index is 2.21. The molecule has 1 heterocycles. The average Bonchev–Trinajstić information content (AvgIpc) is 2.69. The molecule has 0 atom stereocenters. The van der Waals surface area contributed by atoms with E-state index in [1.54, 1.807) is 6.07 Å². The summed E-state index contributed by atoms with van der Waals surface area (Å²) >= 11 is 12.7. The summed E-state index contributed by atoms with van der Waals surface area (Å²) in [4.78, 5) is 22.0. The van der Waals surface area contributed by atoms with Gasteiger partial charge in [-0.25, -0.2) is 0 Å². The molecule has 1 aromatic heterocycles. The minimum absolute atomic E-state index is 0.104. The number of thiophene rings is 1. The molecular weight excluding hydrogens is 311 g/mol. The molecule has 0 saturated heterocycles. The van der Waals surface area contributed by atoms with Gasteiger partial charge in [-0.3, -0.25) is 14.9 Å². The fourth-order valence-electron chi connectivity index (χ4n) is 1.39. The van der Waals surface area contributed by atoms with E-state index in [0.717, 1.165) is 11.3 Å². The first-order valence-electron chi connectivity index (χ1n) is 4.98. The van der Waals surface area contributed by atoms with Crippen molar-refractivity contribution in [1.29, 1.82) is 0 Å². The molecule has 0 bridgehead atoms. The smallest absolute Gasteiger partial charge is 0.271 e. The summed E-state index contributed by atoms with van der Waals surface area (Å²) in [5.74, 6) is -0.464. The molecule has 0 unspecified atom stereocenters. The first kappa shape index (κ1) is 13.8. The molecule has 2 aromatic rings. The van der Waals surface area contributed by atoms with Crippen molar-refractivity contribution in [3.8, 4) is 0 Å². The molecule has 8 heteroatoms. The maximum Gasteiger partial charge on any atom is 0.271 e. The molecule has 5 nitrogen and oxygen atoms in total. The molecule has 2 rings (SSSR count). The van der Waals surface area contributed by atoms with Crippen LogP contribution in [-0.4, -0.2) is 10.8 Å². The summed E-state index contributed by atoms with van der Waals surface area (Å²) in [5.41, 5.74) is 0.452. The average molecular weight is 317 g/mol. The van der Waals surface area contributed by atoms with Gasteiger partial charge in [-0.15, -0.1) is 11.3 Å². The number of nitrogens with zero attached hydrogens (tertiary/aromatic N) is 1. The van der Waals surface area contributed by atoms with Gasteiger partial charge < -0.3 is 5.32 Å². The van der Waals surface area contributed by atoms with E-state index >= 15 is 0 Å². The van der Waals surface area contributed by atoms with E-state index in [-0.39, 0.29) is 15.6 Å². The molecule has 0 aliphatic heterocycles. The summed E-state index contributed by atoms with van der Waals surface area (Å²) in [7, 11) is 0. The molecule has 1 aromatic carbocycles. The van der Waals surface area contributed by atoms with Crippen LogP contribution in [0.2, 0.25) is 8.67 Å². The van der Waals surface area contributed by atoms with Gasteiger partial charge >= 0.3 is 0 Å². The van der Waals surface area contributed by atoms with Crippen LogP contribution in [0.25, 0.3) is 0 Å². The number of nitrogens with one attached hydrogen (secondary N) is 1. The maximum absolute atomic E-state index is 11.9. The fourth-order valence-corrected chi connectivity index (χ4v) is 2.85. The van der Waals surface area contributed by atoms with E-state index in [1.807, 2.05) is 0 Å². The molecular formula is C11H6Cl2N2O3S. The van der Waals surface area contributed by atoms with E-state index in [1.165, 1.54) is 24.3 Å². The Kier molecular flexibility index (Phi) is 4.04.